The van der Waals surface area contributed by atoms with Gasteiger partial charge < -0.3 is 14.4 Å². The maximum Gasteiger partial charge on any atom is 0.344 e. The molecule has 0 N–H and O–H groups in total. The molecule has 144 valence electrons. The van der Waals surface area contributed by atoms with E-state index < -0.39 is 5.97 Å². The molecule has 5 nitrogen and oxygen atoms in total. The van der Waals surface area contributed by atoms with Gasteiger partial charge in [0.25, 0.3) is 5.91 Å². The Kier molecular flexibility index (Phi) is 7.41. The molecule has 2 aromatic rings. The molecule has 0 heterocycles. The van der Waals surface area contributed by atoms with Gasteiger partial charge >= 0.3 is 5.97 Å². The zero-order chi connectivity index (χ0) is 19.8. The molecular formula is C22H27NO4. The highest BCUT2D eigenvalue weighted by Gasteiger charge is 2.14. The van der Waals surface area contributed by atoms with Crippen molar-refractivity contribution in [2.45, 2.75) is 33.7 Å². The second-order valence-electron chi connectivity index (χ2n) is 6.59. The number of aryl methyl sites for hydroxylation is 3. The molecule has 0 aromatic heterocycles. The number of para-hydroxylation sites is 1. The molecule has 0 unspecified atom stereocenters. The van der Waals surface area contributed by atoms with E-state index >= 15 is 0 Å². The van der Waals surface area contributed by atoms with Crippen molar-refractivity contribution in [3.8, 4) is 5.75 Å². The van der Waals surface area contributed by atoms with Crippen molar-refractivity contribution >= 4 is 11.9 Å². The fourth-order valence-corrected chi connectivity index (χ4v) is 2.69. The third kappa shape index (κ3) is 6.13. The fourth-order valence-electron chi connectivity index (χ4n) is 2.69. The highest BCUT2D eigenvalue weighted by Crippen LogP contribution is 2.22. The van der Waals surface area contributed by atoms with Crippen molar-refractivity contribution in [3.63, 3.8) is 0 Å². The van der Waals surface area contributed by atoms with Crippen LogP contribution in [0.15, 0.2) is 42.5 Å². The number of amides is 1. The Morgan fingerprint density at radius 3 is 2.11 bits per heavy atom. The third-order valence-electron chi connectivity index (χ3n) is 4.38. The van der Waals surface area contributed by atoms with E-state index in [0.29, 0.717) is 12.3 Å². The Morgan fingerprint density at radius 2 is 1.52 bits per heavy atom. The van der Waals surface area contributed by atoms with Gasteiger partial charge in [-0.05, 0) is 42.5 Å². The topological polar surface area (TPSA) is 55.8 Å². The predicted octanol–water partition coefficient (Wildman–Crippen LogP) is 3.45. The quantitative estimate of drug-likeness (QED) is 0.669. The predicted molar refractivity (Wildman–Crippen MR) is 105 cm³/mol. The normalized spacial score (nSPS) is 10.4. The van der Waals surface area contributed by atoms with Crippen LogP contribution in [0.5, 0.6) is 5.75 Å². The first-order chi connectivity index (χ1) is 12.9. The van der Waals surface area contributed by atoms with E-state index in [0.717, 1.165) is 23.1 Å². The van der Waals surface area contributed by atoms with Crippen molar-refractivity contribution in [2.75, 3.05) is 20.3 Å². The highest BCUT2D eigenvalue weighted by atomic mass is 16.6. The summed E-state index contributed by atoms with van der Waals surface area (Å²) in [6.45, 7) is 5.89. The summed E-state index contributed by atoms with van der Waals surface area (Å²) in [5, 5.41) is 0. The van der Waals surface area contributed by atoms with Gasteiger partial charge in [-0.1, -0.05) is 49.4 Å². The summed E-state index contributed by atoms with van der Waals surface area (Å²) >= 11 is 0. The summed E-state index contributed by atoms with van der Waals surface area (Å²) in [5.41, 5.74) is 4.19. The van der Waals surface area contributed by atoms with E-state index in [-0.39, 0.29) is 19.1 Å². The van der Waals surface area contributed by atoms with Crippen LogP contribution in [-0.4, -0.2) is 37.0 Å². The Hall–Kier alpha value is -2.82. The molecular weight excluding hydrogens is 342 g/mol. The monoisotopic (exact) mass is 369 g/mol. The first-order valence-electron chi connectivity index (χ1n) is 9.07. The second kappa shape index (κ2) is 9.76. The average Bonchev–Trinajstić information content (AvgIpc) is 2.66. The van der Waals surface area contributed by atoms with Crippen molar-refractivity contribution in [1.29, 1.82) is 0 Å². The number of benzene rings is 2. The Morgan fingerprint density at radius 1 is 0.926 bits per heavy atom. The molecule has 0 spiro atoms. The second-order valence-corrected chi connectivity index (χ2v) is 6.59. The Balaban J connectivity index is 1.77. The lowest BCUT2D eigenvalue weighted by molar-refractivity contribution is -0.153. The SMILES string of the molecule is CCc1ccc(CN(C)C(=O)COC(=O)COc2c(C)cccc2C)cc1. The number of hydrogen-bond donors (Lipinski definition) is 0. The number of ether oxygens (including phenoxy) is 2. The lowest BCUT2D eigenvalue weighted by Crippen LogP contribution is -2.31. The van der Waals surface area contributed by atoms with Crippen LogP contribution >= 0.6 is 0 Å². The lowest BCUT2D eigenvalue weighted by atomic mass is 10.1. The molecule has 27 heavy (non-hydrogen) atoms. The Labute approximate surface area is 160 Å². The van der Waals surface area contributed by atoms with Gasteiger partial charge in [0.2, 0.25) is 0 Å². The van der Waals surface area contributed by atoms with Crippen LogP contribution in [0.4, 0.5) is 0 Å². The van der Waals surface area contributed by atoms with Crippen LogP contribution in [0, 0.1) is 13.8 Å². The zero-order valence-corrected chi connectivity index (χ0v) is 16.5. The minimum absolute atomic E-state index is 0.221. The lowest BCUT2D eigenvalue weighted by Gasteiger charge is -2.17. The molecule has 0 aliphatic heterocycles. The molecule has 2 rings (SSSR count). The molecule has 0 aliphatic carbocycles. The van der Waals surface area contributed by atoms with Crippen LogP contribution in [0.1, 0.15) is 29.2 Å². The summed E-state index contributed by atoms with van der Waals surface area (Å²) in [6, 6.07) is 13.9. The van der Waals surface area contributed by atoms with E-state index in [1.54, 1.807) is 11.9 Å². The fraction of sp³-hybridized carbons (Fsp3) is 0.364. The van der Waals surface area contributed by atoms with Gasteiger partial charge in [-0.3, -0.25) is 4.79 Å². The van der Waals surface area contributed by atoms with Gasteiger partial charge in [0.05, 0.1) is 0 Å². The maximum absolute atomic E-state index is 12.2. The van der Waals surface area contributed by atoms with Gasteiger partial charge in [-0.25, -0.2) is 4.79 Å². The van der Waals surface area contributed by atoms with Crippen molar-refractivity contribution in [3.05, 3.63) is 64.7 Å². The molecule has 0 saturated heterocycles. The van der Waals surface area contributed by atoms with Crippen molar-refractivity contribution in [1.82, 2.24) is 4.90 Å². The molecule has 0 aliphatic rings. The molecule has 0 radical (unpaired) electrons. The van der Waals surface area contributed by atoms with Crippen molar-refractivity contribution in [2.24, 2.45) is 0 Å². The summed E-state index contributed by atoms with van der Waals surface area (Å²) in [4.78, 5) is 25.6. The van der Waals surface area contributed by atoms with Gasteiger partial charge in [0.15, 0.2) is 13.2 Å². The van der Waals surface area contributed by atoms with E-state index in [9.17, 15) is 9.59 Å². The first kappa shape index (κ1) is 20.5. The number of nitrogens with zero attached hydrogens (tertiary/aromatic N) is 1. The molecule has 0 saturated carbocycles. The number of hydrogen-bond acceptors (Lipinski definition) is 4. The highest BCUT2D eigenvalue weighted by molar-refractivity contribution is 5.80. The number of likely N-dealkylation sites (N-methyl/N-ethyl adjacent to an activating group) is 1. The standard InChI is InChI=1S/C22H27NO4/c1-5-18-9-11-19(12-10-18)13-23(4)20(24)14-26-21(25)15-27-22-16(2)7-6-8-17(22)3/h6-12H,5,13-15H2,1-4H3. The van der Waals surface area contributed by atoms with E-state index in [1.807, 2.05) is 44.2 Å². The number of carbonyl (C=O) groups is 2. The van der Waals surface area contributed by atoms with E-state index in [2.05, 4.69) is 19.1 Å². The van der Waals surface area contributed by atoms with E-state index in [1.165, 1.54) is 5.56 Å². The zero-order valence-electron chi connectivity index (χ0n) is 16.5. The first-order valence-corrected chi connectivity index (χ1v) is 9.07. The third-order valence-corrected chi connectivity index (χ3v) is 4.38. The molecule has 0 bridgehead atoms. The van der Waals surface area contributed by atoms with Crippen molar-refractivity contribution < 1.29 is 19.1 Å². The van der Waals surface area contributed by atoms with Gasteiger partial charge in [0.1, 0.15) is 5.75 Å². The minimum Gasteiger partial charge on any atom is -0.481 e. The van der Waals surface area contributed by atoms with Crippen LogP contribution in [-0.2, 0) is 27.3 Å². The summed E-state index contributed by atoms with van der Waals surface area (Å²) in [5.74, 6) is -0.143. The number of esters is 1. The minimum atomic E-state index is -0.563. The summed E-state index contributed by atoms with van der Waals surface area (Å²) < 4.78 is 10.6. The summed E-state index contributed by atoms with van der Waals surface area (Å²) in [6.07, 6.45) is 0.981. The molecule has 0 atom stereocenters. The number of rotatable bonds is 8. The molecule has 2 aromatic carbocycles. The maximum atomic E-state index is 12.2. The van der Waals surface area contributed by atoms with Crippen LogP contribution in [0.2, 0.25) is 0 Å². The smallest absolute Gasteiger partial charge is 0.344 e. The molecule has 5 heteroatoms. The van der Waals surface area contributed by atoms with Gasteiger partial charge in [0, 0.05) is 13.6 Å². The van der Waals surface area contributed by atoms with Crippen LogP contribution in [0.3, 0.4) is 0 Å². The van der Waals surface area contributed by atoms with Crippen LogP contribution < -0.4 is 4.74 Å². The van der Waals surface area contributed by atoms with Gasteiger partial charge in [-0.15, -0.1) is 0 Å². The number of carbonyl (C=O) groups excluding carboxylic acids is 2. The molecule has 0 fully saturated rings. The largest absolute Gasteiger partial charge is 0.481 e. The van der Waals surface area contributed by atoms with E-state index in [4.69, 9.17) is 9.47 Å². The van der Waals surface area contributed by atoms with Gasteiger partial charge in [-0.2, -0.15) is 0 Å². The average molecular weight is 369 g/mol. The summed E-state index contributed by atoms with van der Waals surface area (Å²) in [7, 11) is 1.69. The van der Waals surface area contributed by atoms with Crippen LogP contribution in [0.25, 0.3) is 0 Å². The Bertz CT molecular complexity index is 763. The molecule has 1 amide bonds.